The fourth-order valence-electron chi connectivity index (χ4n) is 4.42. The predicted molar refractivity (Wildman–Crippen MR) is 121 cm³/mol. The van der Waals surface area contributed by atoms with Gasteiger partial charge in [0.05, 0.1) is 18.2 Å². The highest BCUT2D eigenvalue weighted by atomic mass is 19.1. The van der Waals surface area contributed by atoms with E-state index in [1.165, 1.54) is 6.07 Å². The van der Waals surface area contributed by atoms with Gasteiger partial charge in [-0.15, -0.1) is 0 Å². The SMILES string of the molecule is COc1ccc(C2(C(=O)NCCC3CCN(C(=O)Nc4ccccc4F)CC3)CC2)cc1. The van der Waals surface area contributed by atoms with E-state index >= 15 is 0 Å². The van der Waals surface area contributed by atoms with Gasteiger partial charge in [0.15, 0.2) is 0 Å². The fraction of sp³-hybridized carbons (Fsp3) is 0.440. The molecule has 1 saturated carbocycles. The number of rotatable bonds is 7. The molecule has 3 amide bonds. The number of hydrogen-bond donors (Lipinski definition) is 2. The van der Waals surface area contributed by atoms with Crippen LogP contribution in [-0.2, 0) is 10.2 Å². The maximum Gasteiger partial charge on any atom is 0.321 e. The van der Waals surface area contributed by atoms with Crippen LogP contribution < -0.4 is 15.4 Å². The summed E-state index contributed by atoms with van der Waals surface area (Å²) in [5, 5.41) is 5.77. The smallest absolute Gasteiger partial charge is 0.321 e. The van der Waals surface area contributed by atoms with Crippen LogP contribution in [0, 0.1) is 11.7 Å². The number of para-hydroxylation sites is 1. The lowest BCUT2D eigenvalue weighted by Crippen LogP contribution is -2.42. The van der Waals surface area contributed by atoms with Crippen molar-refractivity contribution >= 4 is 17.6 Å². The van der Waals surface area contributed by atoms with Crippen molar-refractivity contribution in [3.8, 4) is 5.75 Å². The average molecular weight is 440 g/mol. The molecule has 0 aromatic heterocycles. The highest BCUT2D eigenvalue weighted by Crippen LogP contribution is 2.48. The molecule has 2 N–H and O–H groups in total. The van der Waals surface area contributed by atoms with Crippen molar-refractivity contribution in [1.82, 2.24) is 10.2 Å². The van der Waals surface area contributed by atoms with Gasteiger partial charge in [0.2, 0.25) is 5.91 Å². The van der Waals surface area contributed by atoms with Gasteiger partial charge in [-0.3, -0.25) is 4.79 Å². The Balaban J connectivity index is 1.19. The van der Waals surface area contributed by atoms with Crippen molar-refractivity contribution in [2.75, 3.05) is 32.1 Å². The summed E-state index contributed by atoms with van der Waals surface area (Å²) in [6.07, 6.45) is 4.41. The summed E-state index contributed by atoms with van der Waals surface area (Å²) in [5.41, 5.74) is 0.860. The lowest BCUT2D eigenvalue weighted by molar-refractivity contribution is -0.123. The Bertz CT molecular complexity index is 951. The molecule has 0 bridgehead atoms. The van der Waals surface area contributed by atoms with E-state index in [1.807, 2.05) is 24.3 Å². The number of carbonyl (C=O) groups excluding carboxylic acids is 2. The van der Waals surface area contributed by atoms with Crippen LogP contribution in [0.2, 0.25) is 0 Å². The van der Waals surface area contributed by atoms with Crippen LogP contribution >= 0.6 is 0 Å². The zero-order valence-electron chi connectivity index (χ0n) is 18.4. The number of anilines is 1. The number of benzene rings is 2. The number of amides is 3. The Morgan fingerprint density at radius 3 is 2.41 bits per heavy atom. The normalized spacial score (nSPS) is 17.5. The third-order valence-corrected chi connectivity index (χ3v) is 6.68. The van der Waals surface area contributed by atoms with Crippen molar-refractivity contribution in [1.29, 1.82) is 0 Å². The standard InChI is InChI=1S/C25H30FN3O3/c1-32-20-8-6-19(7-9-20)25(13-14-25)23(30)27-15-10-18-11-16-29(17-12-18)24(31)28-22-5-3-2-4-21(22)26/h2-9,18H,10-17H2,1H3,(H,27,30)(H,28,31). The monoisotopic (exact) mass is 439 g/mol. The molecular weight excluding hydrogens is 409 g/mol. The molecule has 2 aliphatic rings. The highest BCUT2D eigenvalue weighted by molar-refractivity contribution is 5.91. The molecule has 32 heavy (non-hydrogen) atoms. The Hall–Kier alpha value is -3.09. The summed E-state index contributed by atoms with van der Waals surface area (Å²) in [6, 6.07) is 13.7. The Morgan fingerprint density at radius 2 is 1.78 bits per heavy atom. The zero-order valence-corrected chi connectivity index (χ0v) is 18.4. The molecule has 1 aliphatic carbocycles. The molecule has 7 heteroatoms. The van der Waals surface area contributed by atoms with E-state index in [1.54, 1.807) is 30.2 Å². The molecule has 2 aromatic rings. The van der Waals surface area contributed by atoms with E-state index in [0.29, 0.717) is 25.6 Å². The molecule has 1 heterocycles. The maximum atomic E-state index is 13.7. The molecule has 1 aliphatic heterocycles. The summed E-state index contributed by atoms with van der Waals surface area (Å²) in [5.74, 6) is 0.918. The van der Waals surface area contributed by atoms with Crippen molar-refractivity contribution in [3.63, 3.8) is 0 Å². The molecule has 0 unspecified atom stereocenters. The minimum absolute atomic E-state index is 0.101. The number of methoxy groups -OCH3 is 1. The van der Waals surface area contributed by atoms with Gasteiger partial charge in [0.25, 0.3) is 0 Å². The van der Waals surface area contributed by atoms with Gasteiger partial charge in [0, 0.05) is 19.6 Å². The molecule has 6 nitrogen and oxygen atoms in total. The Morgan fingerprint density at radius 1 is 1.09 bits per heavy atom. The number of piperidine rings is 1. The second-order valence-corrected chi connectivity index (χ2v) is 8.70. The molecule has 1 saturated heterocycles. The lowest BCUT2D eigenvalue weighted by atomic mass is 9.92. The quantitative estimate of drug-likeness (QED) is 0.675. The van der Waals surface area contributed by atoms with Crippen molar-refractivity contribution in [2.24, 2.45) is 5.92 Å². The largest absolute Gasteiger partial charge is 0.497 e. The van der Waals surface area contributed by atoms with Gasteiger partial charge in [-0.05, 0) is 67.9 Å². The summed E-state index contributed by atoms with van der Waals surface area (Å²) < 4.78 is 18.9. The molecule has 0 atom stereocenters. The van der Waals surface area contributed by atoms with Crippen LogP contribution in [0.3, 0.4) is 0 Å². The van der Waals surface area contributed by atoms with Crippen molar-refractivity contribution in [2.45, 2.75) is 37.5 Å². The van der Waals surface area contributed by atoms with Crippen LogP contribution in [0.25, 0.3) is 0 Å². The van der Waals surface area contributed by atoms with E-state index in [0.717, 1.165) is 43.4 Å². The first-order valence-electron chi connectivity index (χ1n) is 11.2. The number of hydrogen-bond acceptors (Lipinski definition) is 3. The molecule has 0 radical (unpaired) electrons. The number of urea groups is 1. The third kappa shape index (κ3) is 4.87. The zero-order chi connectivity index (χ0) is 22.6. The van der Waals surface area contributed by atoms with Gasteiger partial charge in [-0.1, -0.05) is 24.3 Å². The highest BCUT2D eigenvalue weighted by Gasteiger charge is 2.51. The molecule has 170 valence electrons. The average Bonchev–Trinajstić information content (AvgIpc) is 3.63. The molecule has 2 aromatic carbocycles. The number of halogens is 1. The van der Waals surface area contributed by atoms with Gasteiger partial charge >= 0.3 is 6.03 Å². The van der Waals surface area contributed by atoms with E-state index in [4.69, 9.17) is 4.74 Å². The first-order chi connectivity index (χ1) is 15.5. The Kier molecular flexibility index (Phi) is 6.63. The van der Waals surface area contributed by atoms with Crippen molar-refractivity contribution in [3.05, 3.63) is 59.9 Å². The predicted octanol–water partition coefficient (Wildman–Crippen LogP) is 4.32. The van der Waals surface area contributed by atoms with Crippen LogP contribution in [0.1, 0.15) is 37.7 Å². The molecule has 4 rings (SSSR count). The van der Waals surface area contributed by atoms with Crippen molar-refractivity contribution < 1.29 is 18.7 Å². The fourth-order valence-corrected chi connectivity index (χ4v) is 4.42. The van der Waals surface area contributed by atoms with Gasteiger partial charge < -0.3 is 20.3 Å². The summed E-state index contributed by atoms with van der Waals surface area (Å²) in [4.78, 5) is 27.0. The summed E-state index contributed by atoms with van der Waals surface area (Å²) >= 11 is 0. The number of nitrogens with zero attached hydrogens (tertiary/aromatic N) is 1. The topological polar surface area (TPSA) is 70.7 Å². The third-order valence-electron chi connectivity index (χ3n) is 6.68. The number of nitrogens with one attached hydrogen (secondary N) is 2. The van der Waals surface area contributed by atoms with Gasteiger partial charge in [-0.25, -0.2) is 9.18 Å². The summed E-state index contributed by atoms with van der Waals surface area (Å²) in [6.45, 7) is 1.91. The van der Waals surface area contributed by atoms with Gasteiger partial charge in [0.1, 0.15) is 11.6 Å². The molecular formula is C25H30FN3O3. The minimum atomic E-state index is -0.436. The lowest BCUT2D eigenvalue weighted by Gasteiger charge is -2.32. The minimum Gasteiger partial charge on any atom is -0.497 e. The van der Waals surface area contributed by atoms with E-state index in [-0.39, 0.29) is 23.0 Å². The molecule has 0 spiro atoms. The first-order valence-corrected chi connectivity index (χ1v) is 11.2. The van der Waals surface area contributed by atoms with Crippen LogP contribution in [-0.4, -0.2) is 43.6 Å². The van der Waals surface area contributed by atoms with E-state index in [2.05, 4.69) is 10.6 Å². The Labute approximate surface area is 188 Å². The number of ether oxygens (including phenoxy) is 1. The molecule has 2 fully saturated rings. The second-order valence-electron chi connectivity index (χ2n) is 8.70. The summed E-state index contributed by atoms with van der Waals surface area (Å²) in [7, 11) is 1.63. The van der Waals surface area contributed by atoms with E-state index < -0.39 is 5.82 Å². The maximum absolute atomic E-state index is 13.7. The van der Waals surface area contributed by atoms with Gasteiger partial charge in [-0.2, -0.15) is 0 Å². The van der Waals surface area contributed by atoms with Crippen LogP contribution in [0.5, 0.6) is 5.75 Å². The van der Waals surface area contributed by atoms with Crippen LogP contribution in [0.15, 0.2) is 48.5 Å². The number of carbonyl (C=O) groups is 2. The first kappa shape index (κ1) is 22.1. The van der Waals surface area contributed by atoms with E-state index in [9.17, 15) is 14.0 Å². The van der Waals surface area contributed by atoms with Crippen LogP contribution in [0.4, 0.5) is 14.9 Å². The second kappa shape index (κ2) is 9.59. The number of likely N-dealkylation sites (tertiary alicyclic amines) is 1.